The van der Waals surface area contributed by atoms with E-state index in [4.69, 9.17) is 0 Å². The highest BCUT2D eigenvalue weighted by molar-refractivity contribution is 7.19. The first-order chi connectivity index (χ1) is 16.3. The number of thiophene rings is 1. The van der Waals surface area contributed by atoms with Gasteiger partial charge < -0.3 is 4.90 Å². The molecule has 6 aromatic rings. The van der Waals surface area contributed by atoms with Crippen molar-refractivity contribution in [3.8, 4) is 10.4 Å². The van der Waals surface area contributed by atoms with Gasteiger partial charge in [0.1, 0.15) is 12.8 Å². The van der Waals surface area contributed by atoms with Crippen molar-refractivity contribution in [1.82, 2.24) is 0 Å². The molecule has 0 atom stereocenters. The smallest absolute Gasteiger partial charge is 0.139 e. The molecule has 5 aromatic carbocycles. The van der Waals surface area contributed by atoms with Gasteiger partial charge in [0.2, 0.25) is 0 Å². The van der Waals surface area contributed by atoms with Crippen LogP contribution in [-0.2, 0) is 0 Å². The van der Waals surface area contributed by atoms with Crippen molar-refractivity contribution in [1.29, 1.82) is 0 Å². The average Bonchev–Trinajstić information content (AvgIpc) is 3.36. The fourth-order valence-corrected chi connectivity index (χ4v) is 5.55. The highest BCUT2D eigenvalue weighted by atomic mass is 32.1. The molecule has 0 spiro atoms. The van der Waals surface area contributed by atoms with Crippen LogP contribution in [-0.4, -0.2) is 7.85 Å². The highest BCUT2D eigenvalue weighted by Gasteiger charge is 2.19. The minimum Gasteiger partial charge on any atom is -0.301 e. The lowest BCUT2D eigenvalue weighted by atomic mass is 9.96. The molecule has 0 aliphatic carbocycles. The molecular formula is C30H22BNS. The van der Waals surface area contributed by atoms with Gasteiger partial charge in [-0.05, 0) is 52.1 Å². The Morgan fingerprint density at radius 1 is 0.576 bits per heavy atom. The van der Waals surface area contributed by atoms with Gasteiger partial charge in [-0.15, -0.1) is 11.3 Å². The first-order valence-electron chi connectivity index (χ1n) is 11.2. The van der Waals surface area contributed by atoms with E-state index in [1.165, 1.54) is 53.8 Å². The Balaban J connectivity index is 1.62. The zero-order valence-electron chi connectivity index (χ0n) is 18.4. The third-order valence-electron chi connectivity index (χ3n) is 6.15. The van der Waals surface area contributed by atoms with Crippen LogP contribution >= 0.6 is 11.3 Å². The molecule has 0 saturated heterocycles. The first kappa shape index (κ1) is 19.8. The lowest BCUT2D eigenvalue weighted by Gasteiger charge is -2.26. The molecule has 0 fully saturated rings. The predicted molar refractivity (Wildman–Crippen MR) is 148 cm³/mol. The Morgan fingerprint density at radius 2 is 1.24 bits per heavy atom. The number of fused-ring (bicyclic) bond motifs is 3. The second-order valence-corrected chi connectivity index (χ2v) is 9.40. The molecule has 156 valence electrons. The van der Waals surface area contributed by atoms with Crippen molar-refractivity contribution in [2.24, 2.45) is 0 Å². The van der Waals surface area contributed by atoms with E-state index in [9.17, 15) is 0 Å². The van der Waals surface area contributed by atoms with E-state index in [-0.39, 0.29) is 0 Å². The summed E-state index contributed by atoms with van der Waals surface area (Å²) < 4.78 is 0. The van der Waals surface area contributed by atoms with Gasteiger partial charge in [-0.25, -0.2) is 0 Å². The summed E-state index contributed by atoms with van der Waals surface area (Å²) in [5.74, 6) is 0. The zero-order valence-corrected chi connectivity index (χ0v) is 19.2. The Kier molecular flexibility index (Phi) is 4.97. The molecule has 6 rings (SSSR count). The van der Waals surface area contributed by atoms with Gasteiger partial charge in [0.15, 0.2) is 0 Å². The highest BCUT2D eigenvalue weighted by Crippen LogP contribution is 2.45. The molecule has 0 amide bonds. The van der Waals surface area contributed by atoms with E-state index in [0.717, 1.165) is 0 Å². The summed E-state index contributed by atoms with van der Waals surface area (Å²) in [6.07, 6.45) is 0. The Labute approximate surface area is 199 Å². The number of benzene rings is 5. The van der Waals surface area contributed by atoms with Crippen LogP contribution < -0.4 is 10.4 Å². The maximum absolute atomic E-state index is 2.41. The normalized spacial score (nSPS) is 11.2. The van der Waals surface area contributed by atoms with Gasteiger partial charge in [-0.2, -0.15) is 0 Å². The average molecular weight is 439 g/mol. The molecule has 3 heteroatoms. The molecule has 33 heavy (non-hydrogen) atoms. The maximum atomic E-state index is 2.41. The molecule has 1 aromatic heterocycles. The van der Waals surface area contributed by atoms with Gasteiger partial charge in [0, 0.05) is 16.0 Å². The van der Waals surface area contributed by atoms with Crippen LogP contribution in [0.25, 0.3) is 32.0 Å². The fraction of sp³-hybridized carbons (Fsp3) is 0. The summed E-state index contributed by atoms with van der Waals surface area (Å²) in [6.45, 7) is 0. The zero-order chi connectivity index (χ0) is 22.2. The van der Waals surface area contributed by atoms with E-state index >= 15 is 0 Å². The molecule has 0 saturated carbocycles. The lowest BCUT2D eigenvalue weighted by molar-refractivity contribution is 1.34. The molecule has 0 bridgehead atoms. The van der Waals surface area contributed by atoms with Crippen LogP contribution in [0.15, 0.2) is 121 Å². The molecule has 1 heterocycles. The fourth-order valence-electron chi connectivity index (χ4n) is 4.50. The summed E-state index contributed by atoms with van der Waals surface area (Å²) in [4.78, 5) is 3.68. The van der Waals surface area contributed by atoms with Crippen LogP contribution in [0.3, 0.4) is 0 Å². The van der Waals surface area contributed by atoms with Crippen LogP contribution in [0.4, 0.5) is 16.4 Å². The van der Waals surface area contributed by atoms with E-state index in [2.05, 4.69) is 134 Å². The first-order valence-corrected chi connectivity index (χ1v) is 12.0. The van der Waals surface area contributed by atoms with E-state index in [0.29, 0.717) is 0 Å². The van der Waals surface area contributed by atoms with Gasteiger partial charge in [-0.1, -0.05) is 96.5 Å². The van der Waals surface area contributed by atoms with E-state index < -0.39 is 0 Å². The molecule has 0 radical (unpaired) electrons. The van der Waals surface area contributed by atoms with Crippen molar-refractivity contribution < 1.29 is 0 Å². The molecule has 0 aliphatic heterocycles. The number of hydrogen-bond donors (Lipinski definition) is 0. The molecule has 0 N–H and O–H groups in total. The second-order valence-electron chi connectivity index (χ2n) is 8.34. The van der Waals surface area contributed by atoms with Crippen LogP contribution in [0.2, 0.25) is 0 Å². The Hall–Kier alpha value is -3.82. The van der Waals surface area contributed by atoms with Gasteiger partial charge >= 0.3 is 0 Å². The largest absolute Gasteiger partial charge is 0.301 e. The van der Waals surface area contributed by atoms with Crippen LogP contribution in [0, 0.1) is 0 Å². The Bertz CT molecular complexity index is 1570. The quantitative estimate of drug-likeness (QED) is 0.204. The predicted octanol–water partition coefficient (Wildman–Crippen LogP) is 7.45. The standard InChI is InChI=1S/C30H22BNS/c31-23-14-16-24(17-15-23)32(30-19-18-29(33-30)21-8-2-1-3-9-21)28-20-22-10-4-5-11-25(22)26-12-6-7-13-27(26)28/h1-20H,31H2. The molecule has 0 aliphatic rings. The number of rotatable bonds is 4. The molecular weight excluding hydrogens is 417 g/mol. The molecule has 0 unspecified atom stereocenters. The Morgan fingerprint density at radius 3 is 2.03 bits per heavy atom. The summed E-state index contributed by atoms with van der Waals surface area (Å²) in [5.41, 5.74) is 4.89. The van der Waals surface area contributed by atoms with Crippen LogP contribution in [0.5, 0.6) is 0 Å². The van der Waals surface area contributed by atoms with Gasteiger partial charge in [0.05, 0.1) is 5.69 Å². The number of nitrogens with zero attached hydrogens (tertiary/aromatic N) is 1. The van der Waals surface area contributed by atoms with Crippen molar-refractivity contribution in [3.05, 3.63) is 121 Å². The third-order valence-corrected chi connectivity index (χ3v) is 7.27. The third kappa shape index (κ3) is 3.61. The number of anilines is 3. The minimum absolute atomic E-state index is 1.17. The monoisotopic (exact) mass is 439 g/mol. The van der Waals surface area contributed by atoms with E-state index in [1.807, 2.05) is 11.3 Å². The van der Waals surface area contributed by atoms with E-state index in [1.54, 1.807) is 0 Å². The minimum atomic E-state index is 1.17. The van der Waals surface area contributed by atoms with Crippen molar-refractivity contribution in [2.75, 3.05) is 4.90 Å². The van der Waals surface area contributed by atoms with Crippen LogP contribution in [0.1, 0.15) is 0 Å². The second kappa shape index (κ2) is 8.27. The van der Waals surface area contributed by atoms with Crippen molar-refractivity contribution >= 4 is 62.6 Å². The summed E-state index contributed by atoms with van der Waals surface area (Å²) in [6, 6.07) is 43.7. The van der Waals surface area contributed by atoms with Crippen molar-refractivity contribution in [2.45, 2.75) is 0 Å². The number of hydrogen-bond acceptors (Lipinski definition) is 2. The summed E-state index contributed by atoms with van der Waals surface area (Å²) in [7, 11) is 2.14. The topological polar surface area (TPSA) is 3.24 Å². The van der Waals surface area contributed by atoms with Crippen molar-refractivity contribution in [3.63, 3.8) is 0 Å². The summed E-state index contributed by atoms with van der Waals surface area (Å²) in [5, 5.41) is 6.28. The van der Waals surface area contributed by atoms with Gasteiger partial charge in [-0.3, -0.25) is 0 Å². The SMILES string of the molecule is Bc1ccc(N(c2ccc(-c3ccccc3)s2)c2cc3ccccc3c3ccccc23)cc1. The van der Waals surface area contributed by atoms with Gasteiger partial charge in [0.25, 0.3) is 0 Å². The summed E-state index contributed by atoms with van der Waals surface area (Å²) >= 11 is 1.83. The maximum Gasteiger partial charge on any atom is 0.139 e. The molecule has 1 nitrogen and oxygen atoms in total. The lowest BCUT2D eigenvalue weighted by Crippen LogP contribution is -2.11.